The number of para-hydroxylation sites is 1. The first-order valence-corrected chi connectivity index (χ1v) is 10.7. The summed E-state index contributed by atoms with van der Waals surface area (Å²) in [5, 5.41) is 6.32. The third-order valence-electron chi connectivity index (χ3n) is 4.52. The molecule has 0 fully saturated rings. The van der Waals surface area contributed by atoms with E-state index in [1.807, 2.05) is 24.3 Å². The Kier molecular flexibility index (Phi) is 4.93. The highest BCUT2D eigenvalue weighted by Gasteiger charge is 2.24. The number of halogens is 2. The molecular formula is C21H15Cl2NO3S. The molecule has 1 aliphatic rings. The summed E-state index contributed by atoms with van der Waals surface area (Å²) in [6.07, 6.45) is 0.600. The molecule has 7 heteroatoms. The van der Waals surface area contributed by atoms with Gasteiger partial charge in [-0.05, 0) is 54.1 Å². The minimum atomic E-state index is -3.77. The molecule has 0 aliphatic carbocycles. The van der Waals surface area contributed by atoms with Crippen LogP contribution in [0.4, 0.5) is 0 Å². The molecule has 142 valence electrons. The lowest BCUT2D eigenvalue weighted by Crippen LogP contribution is -2.13. The van der Waals surface area contributed by atoms with Crippen LogP contribution in [0.2, 0.25) is 10.0 Å². The highest BCUT2D eigenvalue weighted by molar-refractivity contribution is 7.89. The zero-order chi connectivity index (χ0) is 19.9. The van der Waals surface area contributed by atoms with Crippen LogP contribution in [0.3, 0.4) is 0 Å². The smallest absolute Gasteiger partial charge is 0.238 e. The van der Waals surface area contributed by atoms with E-state index < -0.39 is 10.0 Å². The minimum Gasteiger partial charge on any atom is -0.456 e. The molecule has 3 aromatic carbocycles. The molecule has 0 aromatic heterocycles. The fraction of sp³-hybridized carbons (Fsp3) is 0.0476. The molecule has 0 bridgehead atoms. The molecule has 4 rings (SSSR count). The van der Waals surface area contributed by atoms with Crippen molar-refractivity contribution in [2.75, 3.05) is 0 Å². The van der Waals surface area contributed by atoms with Crippen LogP contribution < -0.4 is 9.88 Å². The molecule has 0 atom stereocenters. The number of primary sulfonamides is 1. The lowest BCUT2D eigenvalue weighted by atomic mass is 9.92. The van der Waals surface area contributed by atoms with E-state index in [0.717, 1.165) is 22.4 Å². The van der Waals surface area contributed by atoms with Crippen molar-refractivity contribution < 1.29 is 13.2 Å². The number of hydrogen-bond acceptors (Lipinski definition) is 3. The largest absolute Gasteiger partial charge is 0.456 e. The maximum atomic E-state index is 11.6. The Balaban J connectivity index is 1.90. The third-order valence-corrected chi connectivity index (χ3v) is 6.02. The van der Waals surface area contributed by atoms with E-state index in [4.69, 9.17) is 33.1 Å². The zero-order valence-electron chi connectivity index (χ0n) is 14.5. The number of rotatable bonds is 3. The van der Waals surface area contributed by atoms with Gasteiger partial charge in [0.1, 0.15) is 11.5 Å². The summed E-state index contributed by atoms with van der Waals surface area (Å²) < 4.78 is 29.3. The van der Waals surface area contributed by atoms with Gasteiger partial charge in [0.15, 0.2) is 0 Å². The molecule has 0 amide bonds. The van der Waals surface area contributed by atoms with Gasteiger partial charge in [-0.25, -0.2) is 13.6 Å². The normalized spacial score (nSPS) is 13.8. The van der Waals surface area contributed by atoms with Crippen molar-refractivity contribution in [3.63, 3.8) is 0 Å². The van der Waals surface area contributed by atoms with Crippen molar-refractivity contribution in [3.05, 3.63) is 93.5 Å². The Morgan fingerprint density at radius 2 is 1.64 bits per heavy atom. The number of fused-ring (bicyclic) bond motifs is 1. The van der Waals surface area contributed by atoms with Gasteiger partial charge in [-0.15, -0.1) is 0 Å². The Bertz CT molecular complexity index is 1200. The van der Waals surface area contributed by atoms with Crippen molar-refractivity contribution in [3.8, 4) is 5.75 Å². The SMILES string of the molecule is NS(=O)(=O)c1ccc(C2=C(c3cc(Cl)ccc3Cl)Cc3ccccc3O2)cc1. The van der Waals surface area contributed by atoms with E-state index in [9.17, 15) is 8.42 Å². The summed E-state index contributed by atoms with van der Waals surface area (Å²) >= 11 is 12.6. The molecule has 0 radical (unpaired) electrons. The average molecular weight is 432 g/mol. The second kappa shape index (κ2) is 7.26. The Labute approximate surface area is 173 Å². The van der Waals surface area contributed by atoms with Gasteiger partial charge in [0.2, 0.25) is 10.0 Å². The summed E-state index contributed by atoms with van der Waals surface area (Å²) in [6, 6.07) is 19.3. The predicted molar refractivity (Wildman–Crippen MR) is 112 cm³/mol. The quantitative estimate of drug-likeness (QED) is 0.623. The Morgan fingerprint density at radius 1 is 0.929 bits per heavy atom. The molecule has 4 nitrogen and oxygen atoms in total. The molecule has 1 heterocycles. The van der Waals surface area contributed by atoms with Crippen LogP contribution in [0.25, 0.3) is 11.3 Å². The average Bonchev–Trinajstić information content (AvgIpc) is 2.68. The number of benzene rings is 3. The molecule has 0 unspecified atom stereocenters. The number of allylic oxidation sites excluding steroid dienone is 1. The molecule has 1 aliphatic heterocycles. The lowest BCUT2D eigenvalue weighted by Gasteiger charge is -2.25. The number of sulfonamides is 1. The standard InChI is InChI=1S/C21H15Cl2NO3S/c22-15-7-10-19(23)17(12-15)18-11-14-3-1-2-4-20(14)27-21(18)13-5-8-16(9-6-13)28(24,25)26/h1-10,12H,11H2,(H2,24,25,26). The van der Waals surface area contributed by atoms with E-state index >= 15 is 0 Å². The summed E-state index contributed by atoms with van der Waals surface area (Å²) in [4.78, 5) is 0.0374. The van der Waals surface area contributed by atoms with Crippen LogP contribution >= 0.6 is 23.2 Å². The van der Waals surface area contributed by atoms with Crippen molar-refractivity contribution in [1.29, 1.82) is 0 Å². The second-order valence-corrected chi connectivity index (χ2v) is 8.79. The van der Waals surface area contributed by atoms with Gasteiger partial charge in [0.25, 0.3) is 0 Å². The van der Waals surface area contributed by atoms with Crippen molar-refractivity contribution in [2.24, 2.45) is 5.14 Å². The van der Waals surface area contributed by atoms with Gasteiger partial charge < -0.3 is 4.74 Å². The predicted octanol–water partition coefficient (Wildman–Crippen LogP) is 5.14. The maximum Gasteiger partial charge on any atom is 0.238 e. The lowest BCUT2D eigenvalue weighted by molar-refractivity contribution is 0.502. The molecule has 28 heavy (non-hydrogen) atoms. The van der Waals surface area contributed by atoms with E-state index in [1.165, 1.54) is 12.1 Å². The third kappa shape index (κ3) is 3.66. The van der Waals surface area contributed by atoms with Crippen molar-refractivity contribution in [2.45, 2.75) is 11.3 Å². The summed E-state index contributed by atoms with van der Waals surface area (Å²) in [5.41, 5.74) is 3.38. The fourth-order valence-electron chi connectivity index (χ4n) is 3.17. The van der Waals surface area contributed by atoms with E-state index in [1.54, 1.807) is 30.3 Å². The van der Waals surface area contributed by atoms with Crippen molar-refractivity contribution in [1.82, 2.24) is 0 Å². The van der Waals surface area contributed by atoms with Crippen LogP contribution in [0, 0.1) is 0 Å². The fourth-order valence-corrected chi connectivity index (χ4v) is 4.09. The molecule has 0 spiro atoms. The van der Waals surface area contributed by atoms with E-state index in [0.29, 0.717) is 27.8 Å². The van der Waals surface area contributed by atoms with Crippen molar-refractivity contribution >= 4 is 44.6 Å². The van der Waals surface area contributed by atoms with Crippen LogP contribution in [-0.4, -0.2) is 8.42 Å². The molecule has 0 saturated carbocycles. The van der Waals surface area contributed by atoms with Crippen LogP contribution in [0.1, 0.15) is 16.7 Å². The van der Waals surface area contributed by atoms with Gasteiger partial charge in [-0.1, -0.05) is 41.4 Å². The molecular weight excluding hydrogens is 417 g/mol. The summed E-state index contributed by atoms with van der Waals surface area (Å²) in [5.74, 6) is 1.35. The number of nitrogens with two attached hydrogens (primary N) is 1. The molecule has 3 aromatic rings. The van der Waals surface area contributed by atoms with Gasteiger partial charge in [-0.2, -0.15) is 0 Å². The monoisotopic (exact) mass is 431 g/mol. The maximum absolute atomic E-state index is 11.6. The van der Waals surface area contributed by atoms with E-state index in [-0.39, 0.29) is 4.90 Å². The summed E-state index contributed by atoms with van der Waals surface area (Å²) in [6.45, 7) is 0. The van der Waals surface area contributed by atoms with Gasteiger partial charge >= 0.3 is 0 Å². The number of ether oxygens (including phenoxy) is 1. The first kappa shape index (κ1) is 19.0. The van der Waals surface area contributed by atoms with Crippen LogP contribution in [0.15, 0.2) is 71.6 Å². The van der Waals surface area contributed by atoms with Crippen LogP contribution in [-0.2, 0) is 16.4 Å². The Morgan fingerprint density at radius 3 is 2.36 bits per heavy atom. The van der Waals surface area contributed by atoms with Gasteiger partial charge in [0.05, 0.1) is 4.90 Å². The molecule has 0 saturated heterocycles. The Hall–Kier alpha value is -2.31. The molecule has 2 N–H and O–H groups in total. The summed E-state index contributed by atoms with van der Waals surface area (Å²) in [7, 11) is -3.77. The highest BCUT2D eigenvalue weighted by Crippen LogP contribution is 2.41. The number of hydrogen-bond donors (Lipinski definition) is 1. The van der Waals surface area contributed by atoms with Gasteiger partial charge in [-0.3, -0.25) is 0 Å². The van der Waals surface area contributed by atoms with Gasteiger partial charge in [0, 0.05) is 33.2 Å². The first-order valence-electron chi connectivity index (χ1n) is 8.40. The minimum absolute atomic E-state index is 0.0374. The topological polar surface area (TPSA) is 69.4 Å². The van der Waals surface area contributed by atoms with Crippen LogP contribution in [0.5, 0.6) is 5.75 Å². The zero-order valence-corrected chi connectivity index (χ0v) is 16.9. The second-order valence-electron chi connectivity index (χ2n) is 6.39. The first-order chi connectivity index (χ1) is 13.3. The van der Waals surface area contributed by atoms with E-state index in [2.05, 4.69) is 0 Å². The highest BCUT2D eigenvalue weighted by atomic mass is 35.5.